The summed E-state index contributed by atoms with van der Waals surface area (Å²) in [5.41, 5.74) is 9.53. The SMILES string of the molecule is CC(C)c1ccc2c(Nc3cc(-c4ccc(Sc5ccc(N(C)C)cc5)c(Nc5ncnc6nc(C(C)C)ccc56)c4)ccc3Sc3ccc(N(C)C)cc3)ncnc2n1. The van der Waals surface area contributed by atoms with E-state index in [0.29, 0.717) is 22.9 Å². The van der Waals surface area contributed by atoms with Crippen LogP contribution in [0.4, 0.5) is 34.4 Å². The highest BCUT2D eigenvalue weighted by Gasteiger charge is 2.16. The summed E-state index contributed by atoms with van der Waals surface area (Å²) in [6, 6.07) is 38.6. The molecule has 12 heteroatoms. The molecule has 0 amide bonds. The molecule has 0 saturated carbocycles. The molecular weight excluding hydrogens is 781 g/mol. The molecule has 0 radical (unpaired) electrons. The van der Waals surface area contributed by atoms with Crippen molar-refractivity contribution in [2.24, 2.45) is 0 Å². The van der Waals surface area contributed by atoms with Crippen LogP contribution in [-0.4, -0.2) is 58.1 Å². The van der Waals surface area contributed by atoms with E-state index in [1.807, 2.05) is 0 Å². The Morgan fingerprint density at radius 2 is 0.867 bits per heavy atom. The lowest BCUT2D eigenvalue weighted by Gasteiger charge is -2.18. The zero-order valence-corrected chi connectivity index (χ0v) is 36.7. The molecule has 2 N–H and O–H groups in total. The van der Waals surface area contributed by atoms with E-state index in [2.05, 4.69) is 195 Å². The van der Waals surface area contributed by atoms with Gasteiger partial charge in [-0.05, 0) is 120 Å². The Hall–Kier alpha value is -6.24. The summed E-state index contributed by atoms with van der Waals surface area (Å²) in [6.07, 6.45) is 3.16. The van der Waals surface area contributed by atoms with Crippen LogP contribution in [0.25, 0.3) is 33.2 Å². The predicted molar refractivity (Wildman–Crippen MR) is 251 cm³/mol. The predicted octanol–water partition coefficient (Wildman–Crippen LogP) is 12.2. The fraction of sp³-hybridized carbons (Fsp3) is 0.208. The van der Waals surface area contributed by atoms with Gasteiger partial charge in [0.15, 0.2) is 11.3 Å². The zero-order valence-electron chi connectivity index (χ0n) is 35.1. The van der Waals surface area contributed by atoms with Gasteiger partial charge in [0.1, 0.15) is 24.3 Å². The van der Waals surface area contributed by atoms with Gasteiger partial charge in [-0.3, -0.25) is 0 Å². The van der Waals surface area contributed by atoms with E-state index in [1.54, 1.807) is 36.2 Å². The molecule has 302 valence electrons. The molecule has 0 atom stereocenters. The number of hydrogen-bond acceptors (Lipinski definition) is 12. The fourth-order valence-electron chi connectivity index (χ4n) is 6.68. The molecule has 0 spiro atoms. The molecule has 10 nitrogen and oxygen atoms in total. The number of anilines is 6. The Kier molecular flexibility index (Phi) is 11.9. The maximum Gasteiger partial charge on any atom is 0.164 e. The van der Waals surface area contributed by atoms with Crippen molar-refractivity contribution in [1.29, 1.82) is 0 Å². The normalized spacial score (nSPS) is 11.4. The number of aromatic nitrogens is 6. The molecular formula is C48H48N10S2. The monoisotopic (exact) mass is 828 g/mol. The molecule has 4 aromatic carbocycles. The lowest BCUT2D eigenvalue weighted by Crippen LogP contribution is -2.07. The molecule has 4 aromatic heterocycles. The van der Waals surface area contributed by atoms with Crippen LogP contribution in [0.5, 0.6) is 0 Å². The van der Waals surface area contributed by atoms with Crippen molar-refractivity contribution in [2.45, 2.75) is 59.1 Å². The first kappa shape index (κ1) is 40.5. The van der Waals surface area contributed by atoms with E-state index in [-0.39, 0.29) is 11.8 Å². The lowest BCUT2D eigenvalue weighted by atomic mass is 10.0. The van der Waals surface area contributed by atoms with Gasteiger partial charge in [-0.1, -0.05) is 63.4 Å². The first-order valence-corrected chi connectivity index (χ1v) is 21.6. The Morgan fingerprint density at radius 1 is 0.467 bits per heavy atom. The second-order valence-corrected chi connectivity index (χ2v) is 17.9. The van der Waals surface area contributed by atoms with Crippen LogP contribution in [0.3, 0.4) is 0 Å². The topological polar surface area (TPSA) is 108 Å². The number of hydrogen-bond donors (Lipinski definition) is 2. The highest BCUT2D eigenvalue weighted by Crippen LogP contribution is 2.42. The molecule has 0 unspecified atom stereocenters. The molecule has 0 aliphatic carbocycles. The molecule has 0 aliphatic rings. The third-order valence-corrected chi connectivity index (χ3v) is 12.3. The van der Waals surface area contributed by atoms with Crippen molar-refractivity contribution in [3.63, 3.8) is 0 Å². The van der Waals surface area contributed by atoms with Crippen molar-refractivity contribution >= 4 is 80.0 Å². The number of rotatable bonds is 13. The third kappa shape index (κ3) is 9.00. The number of nitrogens with zero attached hydrogens (tertiary/aromatic N) is 8. The Labute approximate surface area is 360 Å². The van der Waals surface area contributed by atoms with Gasteiger partial charge in [0.25, 0.3) is 0 Å². The van der Waals surface area contributed by atoms with Gasteiger partial charge in [0.2, 0.25) is 0 Å². The van der Waals surface area contributed by atoms with E-state index >= 15 is 0 Å². The number of fused-ring (bicyclic) bond motifs is 2. The van der Waals surface area contributed by atoms with Crippen molar-refractivity contribution < 1.29 is 0 Å². The number of benzene rings is 4. The van der Waals surface area contributed by atoms with Crippen molar-refractivity contribution in [2.75, 3.05) is 48.6 Å². The summed E-state index contributed by atoms with van der Waals surface area (Å²) in [5.74, 6) is 1.97. The van der Waals surface area contributed by atoms with Crippen LogP contribution in [0, 0.1) is 0 Å². The van der Waals surface area contributed by atoms with E-state index in [4.69, 9.17) is 19.9 Å². The highest BCUT2D eigenvalue weighted by atomic mass is 32.2. The van der Waals surface area contributed by atoms with Crippen LogP contribution in [0.15, 0.2) is 141 Å². The van der Waals surface area contributed by atoms with Crippen molar-refractivity contribution in [1.82, 2.24) is 29.9 Å². The second kappa shape index (κ2) is 17.5. The summed E-state index contributed by atoms with van der Waals surface area (Å²) < 4.78 is 0. The zero-order chi connectivity index (χ0) is 41.9. The molecule has 0 bridgehead atoms. The smallest absolute Gasteiger partial charge is 0.164 e. The highest BCUT2D eigenvalue weighted by molar-refractivity contribution is 7.99. The minimum atomic E-state index is 0.287. The average Bonchev–Trinajstić information content (AvgIpc) is 3.25. The summed E-state index contributed by atoms with van der Waals surface area (Å²) >= 11 is 3.41. The quantitative estimate of drug-likeness (QED) is 0.115. The fourth-order valence-corrected chi connectivity index (χ4v) is 8.45. The molecule has 8 rings (SSSR count). The minimum absolute atomic E-state index is 0.287. The lowest BCUT2D eigenvalue weighted by molar-refractivity contribution is 0.827. The van der Waals surface area contributed by atoms with Crippen molar-refractivity contribution in [3.05, 3.63) is 133 Å². The van der Waals surface area contributed by atoms with Gasteiger partial charge in [-0.25, -0.2) is 29.9 Å². The molecule has 0 fully saturated rings. The van der Waals surface area contributed by atoms with E-state index in [1.165, 1.54) is 0 Å². The summed E-state index contributed by atoms with van der Waals surface area (Å²) in [7, 11) is 8.21. The first-order valence-electron chi connectivity index (χ1n) is 20.0. The molecule has 8 aromatic rings. The van der Waals surface area contributed by atoms with E-state index < -0.39 is 0 Å². The summed E-state index contributed by atoms with van der Waals surface area (Å²) in [4.78, 5) is 36.8. The van der Waals surface area contributed by atoms with Crippen LogP contribution in [0.2, 0.25) is 0 Å². The van der Waals surface area contributed by atoms with Gasteiger partial charge in [-0.15, -0.1) is 0 Å². The van der Waals surface area contributed by atoms with Gasteiger partial charge >= 0.3 is 0 Å². The average molecular weight is 829 g/mol. The maximum atomic E-state index is 4.86. The van der Waals surface area contributed by atoms with Gasteiger partial charge in [0.05, 0.1) is 22.1 Å². The standard InChI is InChI=1S/C48H48N10S2/c1-29(2)39-21-19-37-45(53-39)49-27-51-47(37)55-41-25-31(9-23-43(41)59-35-15-11-33(12-16-35)57(5)6)32-10-24-44(60-36-17-13-34(14-18-36)58(7)8)42(26-32)56-48-38-20-22-40(30(3)4)54-46(38)50-28-52-48/h9-30H,1-8H3,(H,49,51,53,55)(H,50,52,54,56). The van der Waals surface area contributed by atoms with E-state index in [9.17, 15) is 0 Å². The second-order valence-electron chi connectivity index (χ2n) is 15.6. The molecule has 60 heavy (non-hydrogen) atoms. The van der Waals surface area contributed by atoms with E-state index in [0.717, 1.165) is 75.6 Å². The molecule has 0 aliphatic heterocycles. The van der Waals surface area contributed by atoms with Gasteiger partial charge in [0, 0.05) is 70.5 Å². The van der Waals surface area contributed by atoms with Crippen LogP contribution in [-0.2, 0) is 0 Å². The molecule has 4 heterocycles. The van der Waals surface area contributed by atoms with Crippen LogP contribution in [0.1, 0.15) is 50.9 Å². The van der Waals surface area contributed by atoms with Gasteiger partial charge < -0.3 is 20.4 Å². The third-order valence-electron chi connectivity index (χ3n) is 10.2. The molecule has 0 saturated heterocycles. The first-order chi connectivity index (χ1) is 29.0. The summed E-state index contributed by atoms with van der Waals surface area (Å²) in [5, 5.41) is 9.12. The number of pyridine rings is 2. The largest absolute Gasteiger partial charge is 0.378 e. The Bertz CT molecular complexity index is 2600. The van der Waals surface area contributed by atoms with Crippen molar-refractivity contribution in [3.8, 4) is 11.1 Å². The number of nitrogens with one attached hydrogen (secondary N) is 2. The summed E-state index contributed by atoms with van der Waals surface area (Å²) in [6.45, 7) is 8.55. The van der Waals surface area contributed by atoms with Crippen LogP contribution < -0.4 is 20.4 Å². The Morgan fingerprint density at radius 3 is 1.23 bits per heavy atom. The van der Waals surface area contributed by atoms with Crippen LogP contribution >= 0.6 is 23.5 Å². The Balaban J connectivity index is 1.21. The van der Waals surface area contributed by atoms with Gasteiger partial charge in [-0.2, -0.15) is 0 Å². The maximum absolute atomic E-state index is 4.86. The minimum Gasteiger partial charge on any atom is -0.378 e.